The summed E-state index contributed by atoms with van der Waals surface area (Å²) in [6.07, 6.45) is -2.40. The summed E-state index contributed by atoms with van der Waals surface area (Å²) in [6, 6.07) is 6.98. The molecule has 1 aromatic heterocycles. The van der Waals surface area contributed by atoms with E-state index in [1.54, 1.807) is 35.0 Å². The zero-order chi connectivity index (χ0) is 13.2. The normalized spacial score (nSPS) is 11.9. The van der Waals surface area contributed by atoms with Gasteiger partial charge in [-0.3, -0.25) is 4.79 Å². The fourth-order valence-electron chi connectivity index (χ4n) is 1.99. The van der Waals surface area contributed by atoms with Crippen molar-refractivity contribution in [3.8, 4) is 0 Å². The molecule has 0 bridgehead atoms. The number of alkyl halides is 3. The number of aldehydes is 1. The van der Waals surface area contributed by atoms with Gasteiger partial charge in [0.15, 0.2) is 6.29 Å². The van der Waals surface area contributed by atoms with Crippen LogP contribution in [-0.2, 0) is 6.54 Å². The van der Waals surface area contributed by atoms with Gasteiger partial charge in [0.25, 0.3) is 0 Å². The van der Waals surface area contributed by atoms with E-state index in [1.807, 2.05) is 0 Å². The van der Waals surface area contributed by atoms with E-state index in [2.05, 4.69) is 0 Å². The first-order valence-corrected chi connectivity index (χ1v) is 5.61. The van der Waals surface area contributed by atoms with Crippen molar-refractivity contribution >= 4 is 17.2 Å². The van der Waals surface area contributed by atoms with Gasteiger partial charge < -0.3 is 4.57 Å². The Balaban J connectivity index is 2.17. The number of aryl methyl sites for hydroxylation is 1. The van der Waals surface area contributed by atoms with Crippen LogP contribution in [0.4, 0.5) is 13.2 Å². The third-order valence-corrected chi connectivity index (χ3v) is 2.83. The molecule has 2 rings (SSSR count). The first-order chi connectivity index (χ1) is 8.51. The van der Waals surface area contributed by atoms with Crippen LogP contribution in [-0.4, -0.2) is 17.0 Å². The van der Waals surface area contributed by atoms with Crippen LogP contribution in [0.15, 0.2) is 30.5 Å². The van der Waals surface area contributed by atoms with Crippen molar-refractivity contribution in [2.45, 2.75) is 25.6 Å². The van der Waals surface area contributed by atoms with E-state index >= 15 is 0 Å². The van der Waals surface area contributed by atoms with E-state index in [1.165, 1.54) is 0 Å². The van der Waals surface area contributed by atoms with Crippen molar-refractivity contribution in [2.75, 3.05) is 0 Å². The molecule has 0 saturated heterocycles. The van der Waals surface area contributed by atoms with Crippen LogP contribution >= 0.6 is 0 Å². The zero-order valence-electron chi connectivity index (χ0n) is 9.57. The fourth-order valence-corrected chi connectivity index (χ4v) is 1.99. The van der Waals surface area contributed by atoms with Crippen molar-refractivity contribution in [1.82, 2.24) is 4.57 Å². The second-order valence-corrected chi connectivity index (χ2v) is 4.13. The molecule has 0 atom stereocenters. The molecule has 0 unspecified atom stereocenters. The number of benzene rings is 1. The molecule has 96 valence electrons. The molecular weight excluding hydrogens is 243 g/mol. The molecular formula is C13H12F3NO. The number of hydrogen-bond donors (Lipinski definition) is 0. The Bertz CT molecular complexity index is 557. The average Bonchev–Trinajstić information content (AvgIpc) is 2.71. The molecule has 0 amide bonds. The highest BCUT2D eigenvalue weighted by Crippen LogP contribution is 2.23. The highest BCUT2D eigenvalue weighted by Gasteiger charge is 2.26. The molecule has 0 N–H and O–H groups in total. The number of hydrogen-bond acceptors (Lipinski definition) is 1. The van der Waals surface area contributed by atoms with Gasteiger partial charge in [-0.2, -0.15) is 13.2 Å². The van der Waals surface area contributed by atoms with Crippen LogP contribution in [0.25, 0.3) is 10.9 Å². The molecule has 0 fully saturated rings. The fraction of sp³-hybridized carbons (Fsp3) is 0.308. The van der Waals surface area contributed by atoms with Crippen LogP contribution < -0.4 is 0 Å². The van der Waals surface area contributed by atoms with E-state index in [-0.39, 0.29) is 6.42 Å². The first kappa shape index (κ1) is 12.7. The smallest absolute Gasteiger partial charge is 0.347 e. The molecule has 5 heteroatoms. The molecule has 0 aliphatic carbocycles. The summed E-state index contributed by atoms with van der Waals surface area (Å²) >= 11 is 0. The van der Waals surface area contributed by atoms with Gasteiger partial charge >= 0.3 is 6.18 Å². The molecule has 2 aromatic rings. The molecule has 1 heterocycles. The lowest BCUT2D eigenvalue weighted by molar-refractivity contribution is -0.135. The van der Waals surface area contributed by atoms with Gasteiger partial charge in [-0.15, -0.1) is 0 Å². The van der Waals surface area contributed by atoms with Crippen molar-refractivity contribution < 1.29 is 18.0 Å². The average molecular weight is 255 g/mol. The summed E-state index contributed by atoms with van der Waals surface area (Å²) in [5, 5.41) is 0.777. The molecule has 18 heavy (non-hydrogen) atoms. The van der Waals surface area contributed by atoms with Gasteiger partial charge in [0.05, 0.1) is 0 Å². The number of carbonyl (C=O) groups excluding carboxylic acids is 1. The van der Waals surface area contributed by atoms with Crippen LogP contribution in [0.5, 0.6) is 0 Å². The number of carbonyl (C=O) groups is 1. The second-order valence-electron chi connectivity index (χ2n) is 4.13. The SMILES string of the molecule is O=Cc1cccc2c1ccn2CCCC(F)(F)F. The molecule has 0 spiro atoms. The van der Waals surface area contributed by atoms with Gasteiger partial charge in [-0.25, -0.2) is 0 Å². The lowest BCUT2D eigenvalue weighted by Crippen LogP contribution is -2.08. The largest absolute Gasteiger partial charge is 0.389 e. The lowest BCUT2D eigenvalue weighted by Gasteiger charge is -2.08. The number of fused-ring (bicyclic) bond motifs is 1. The van der Waals surface area contributed by atoms with Gasteiger partial charge in [0, 0.05) is 35.6 Å². The maximum absolute atomic E-state index is 12.1. The third-order valence-electron chi connectivity index (χ3n) is 2.83. The first-order valence-electron chi connectivity index (χ1n) is 5.61. The molecule has 2 nitrogen and oxygen atoms in total. The van der Waals surface area contributed by atoms with E-state index in [4.69, 9.17) is 0 Å². The molecule has 0 aliphatic rings. The number of aromatic nitrogens is 1. The highest BCUT2D eigenvalue weighted by molar-refractivity contribution is 5.97. The van der Waals surface area contributed by atoms with Gasteiger partial charge in [-0.05, 0) is 18.6 Å². The quantitative estimate of drug-likeness (QED) is 0.762. The van der Waals surface area contributed by atoms with E-state index in [0.29, 0.717) is 12.1 Å². The predicted molar refractivity (Wildman–Crippen MR) is 62.6 cm³/mol. The van der Waals surface area contributed by atoms with E-state index < -0.39 is 12.6 Å². The summed E-state index contributed by atoms with van der Waals surface area (Å²) in [7, 11) is 0. The Hall–Kier alpha value is -1.78. The molecule has 0 aliphatic heterocycles. The topological polar surface area (TPSA) is 22.0 Å². The van der Waals surface area contributed by atoms with Crippen LogP contribution in [0, 0.1) is 0 Å². The summed E-state index contributed by atoms with van der Waals surface area (Å²) in [4.78, 5) is 10.8. The maximum Gasteiger partial charge on any atom is 0.389 e. The van der Waals surface area contributed by atoms with Crippen molar-refractivity contribution in [3.63, 3.8) is 0 Å². The third kappa shape index (κ3) is 2.72. The van der Waals surface area contributed by atoms with Crippen molar-refractivity contribution in [3.05, 3.63) is 36.0 Å². The Labute approximate surface area is 102 Å². The van der Waals surface area contributed by atoms with E-state index in [0.717, 1.165) is 17.2 Å². The van der Waals surface area contributed by atoms with Crippen molar-refractivity contribution in [2.24, 2.45) is 0 Å². The predicted octanol–water partition coefficient (Wildman–Crippen LogP) is 3.80. The number of rotatable bonds is 4. The van der Waals surface area contributed by atoms with Crippen LogP contribution in [0.2, 0.25) is 0 Å². The van der Waals surface area contributed by atoms with Crippen LogP contribution in [0.3, 0.4) is 0 Å². The Morgan fingerprint density at radius 1 is 1.22 bits per heavy atom. The second kappa shape index (κ2) is 4.84. The number of halogens is 3. The standard InChI is InChI=1S/C13H12F3NO/c14-13(15,16)6-2-7-17-8-5-11-10(9-18)3-1-4-12(11)17/h1,3-5,8-9H,2,6-7H2. The minimum absolute atomic E-state index is 0.0403. The maximum atomic E-state index is 12.1. The minimum Gasteiger partial charge on any atom is -0.347 e. The van der Waals surface area contributed by atoms with Gasteiger partial charge in [-0.1, -0.05) is 12.1 Å². The molecule has 1 aromatic carbocycles. The van der Waals surface area contributed by atoms with Crippen molar-refractivity contribution in [1.29, 1.82) is 0 Å². The minimum atomic E-state index is -4.11. The summed E-state index contributed by atoms with van der Waals surface area (Å²) in [6.45, 7) is 0.297. The number of nitrogens with zero attached hydrogens (tertiary/aromatic N) is 1. The summed E-state index contributed by atoms with van der Waals surface area (Å²) in [5.41, 5.74) is 1.35. The monoisotopic (exact) mass is 255 g/mol. The Kier molecular flexibility index (Phi) is 3.41. The highest BCUT2D eigenvalue weighted by atomic mass is 19.4. The Morgan fingerprint density at radius 3 is 2.67 bits per heavy atom. The lowest BCUT2D eigenvalue weighted by atomic mass is 10.1. The molecule has 0 saturated carbocycles. The van der Waals surface area contributed by atoms with Gasteiger partial charge in [0.2, 0.25) is 0 Å². The Morgan fingerprint density at radius 2 is 2.00 bits per heavy atom. The van der Waals surface area contributed by atoms with E-state index in [9.17, 15) is 18.0 Å². The van der Waals surface area contributed by atoms with Gasteiger partial charge in [0.1, 0.15) is 0 Å². The summed E-state index contributed by atoms with van der Waals surface area (Å²) in [5.74, 6) is 0. The molecule has 0 radical (unpaired) electrons. The zero-order valence-corrected chi connectivity index (χ0v) is 9.57. The summed E-state index contributed by atoms with van der Waals surface area (Å²) < 4.78 is 37.9. The van der Waals surface area contributed by atoms with Crippen LogP contribution in [0.1, 0.15) is 23.2 Å².